The third-order valence-corrected chi connectivity index (χ3v) is 7.17. The monoisotopic (exact) mass is 423 g/mol. The Kier molecular flexibility index (Phi) is 5.13. The minimum Gasteiger partial charge on any atom is -0.497 e. The Morgan fingerprint density at radius 2 is 2.07 bits per heavy atom. The van der Waals surface area contributed by atoms with Crippen LogP contribution >= 0.6 is 11.3 Å². The Morgan fingerprint density at radius 1 is 1.23 bits per heavy atom. The van der Waals surface area contributed by atoms with E-state index < -0.39 is 0 Å². The Hall–Kier alpha value is -2.57. The maximum atomic E-state index is 12.3. The van der Waals surface area contributed by atoms with Gasteiger partial charge in [-0.1, -0.05) is 12.1 Å². The molecule has 1 aromatic heterocycles. The second-order valence-corrected chi connectivity index (χ2v) is 8.85. The van der Waals surface area contributed by atoms with Gasteiger partial charge in [0.1, 0.15) is 10.6 Å². The van der Waals surface area contributed by atoms with Crippen molar-refractivity contribution in [3.8, 4) is 5.75 Å². The molecule has 6 heteroatoms. The van der Waals surface area contributed by atoms with Gasteiger partial charge in [0.15, 0.2) is 0 Å². The van der Waals surface area contributed by atoms with Crippen molar-refractivity contribution >= 4 is 33.1 Å². The quantitative estimate of drug-likeness (QED) is 0.544. The maximum Gasteiger partial charge on any atom is 0.348 e. The van der Waals surface area contributed by atoms with E-state index in [0.717, 1.165) is 41.0 Å². The predicted molar refractivity (Wildman–Crippen MR) is 119 cm³/mol. The molecular weight excluding hydrogens is 398 g/mol. The van der Waals surface area contributed by atoms with E-state index in [9.17, 15) is 4.79 Å². The van der Waals surface area contributed by atoms with Crippen molar-refractivity contribution in [1.29, 1.82) is 0 Å². The molecule has 5 rings (SSSR count). The molecule has 5 nitrogen and oxygen atoms in total. The van der Waals surface area contributed by atoms with Crippen molar-refractivity contribution in [2.24, 2.45) is 5.92 Å². The first-order valence-corrected chi connectivity index (χ1v) is 11.3. The van der Waals surface area contributed by atoms with Gasteiger partial charge in [-0.2, -0.15) is 0 Å². The number of ether oxygens (including phenoxy) is 3. The van der Waals surface area contributed by atoms with Crippen LogP contribution in [0.2, 0.25) is 0 Å². The van der Waals surface area contributed by atoms with Gasteiger partial charge in [-0.15, -0.1) is 11.3 Å². The van der Waals surface area contributed by atoms with E-state index in [0.29, 0.717) is 17.4 Å². The Labute approximate surface area is 180 Å². The predicted octanol–water partition coefficient (Wildman–Crippen LogP) is 5.72. The van der Waals surface area contributed by atoms with Crippen LogP contribution in [0.15, 0.2) is 42.5 Å². The van der Waals surface area contributed by atoms with Gasteiger partial charge in [0.2, 0.25) is 0 Å². The molecule has 0 amide bonds. The second-order valence-electron chi connectivity index (χ2n) is 7.76. The smallest absolute Gasteiger partial charge is 0.348 e. The molecular formula is C24H25NO4S. The molecule has 0 radical (unpaired) electrons. The molecule has 2 aromatic carbocycles. The van der Waals surface area contributed by atoms with E-state index >= 15 is 0 Å². The summed E-state index contributed by atoms with van der Waals surface area (Å²) in [7, 11) is 1.69. The molecule has 0 bridgehead atoms. The van der Waals surface area contributed by atoms with Gasteiger partial charge in [0, 0.05) is 33.9 Å². The van der Waals surface area contributed by atoms with Crippen LogP contribution in [0.3, 0.4) is 0 Å². The van der Waals surface area contributed by atoms with Crippen LogP contribution in [0.4, 0.5) is 5.69 Å². The van der Waals surface area contributed by atoms with Crippen LogP contribution in [0.1, 0.15) is 52.7 Å². The number of anilines is 1. The summed E-state index contributed by atoms with van der Waals surface area (Å²) in [4.78, 5) is 12.9. The van der Waals surface area contributed by atoms with Gasteiger partial charge in [-0.3, -0.25) is 0 Å². The van der Waals surface area contributed by atoms with Crippen LogP contribution in [-0.2, 0) is 9.47 Å². The highest BCUT2D eigenvalue weighted by atomic mass is 32.1. The lowest BCUT2D eigenvalue weighted by Gasteiger charge is -2.43. The zero-order valence-electron chi connectivity index (χ0n) is 17.1. The van der Waals surface area contributed by atoms with Crippen molar-refractivity contribution in [2.45, 2.75) is 31.9 Å². The fourth-order valence-electron chi connectivity index (χ4n) is 4.73. The Balaban J connectivity index is 1.58. The summed E-state index contributed by atoms with van der Waals surface area (Å²) in [5.74, 6) is 0.933. The van der Waals surface area contributed by atoms with Gasteiger partial charge in [-0.25, -0.2) is 4.79 Å². The molecule has 3 unspecified atom stereocenters. The summed E-state index contributed by atoms with van der Waals surface area (Å²) in [6.45, 7) is 2.97. The zero-order valence-corrected chi connectivity index (χ0v) is 18.0. The standard InChI is InChI=1S/C24H25NO4S/c1-3-28-24(26)20-13-17-19(30-20)11-10-18-21(17)23-16(5-4-12-29-23)22(25-18)14-6-8-15(27-2)9-7-14/h6-11,13,16,22-23,25H,3-5,12H2,1-2H3. The normalized spacial score (nSPS) is 22.7. The molecule has 156 valence electrons. The van der Waals surface area contributed by atoms with Gasteiger partial charge in [-0.05, 0) is 55.7 Å². The maximum absolute atomic E-state index is 12.3. The lowest BCUT2D eigenvalue weighted by molar-refractivity contribution is -0.0372. The van der Waals surface area contributed by atoms with E-state index in [2.05, 4.69) is 29.6 Å². The van der Waals surface area contributed by atoms with Crippen LogP contribution < -0.4 is 10.1 Å². The SMILES string of the molecule is CCOC(=O)c1cc2c3c(ccc2s1)NC(c1ccc(OC)cc1)C1CCCOC31. The summed E-state index contributed by atoms with van der Waals surface area (Å²) >= 11 is 1.49. The van der Waals surface area contributed by atoms with Crippen LogP contribution in [0, 0.1) is 5.92 Å². The molecule has 30 heavy (non-hydrogen) atoms. The number of carbonyl (C=O) groups excluding carboxylic acids is 1. The summed E-state index contributed by atoms with van der Waals surface area (Å²) in [6.07, 6.45) is 2.16. The molecule has 2 aliphatic heterocycles. The molecule has 1 N–H and O–H groups in total. The highest BCUT2D eigenvalue weighted by Crippen LogP contribution is 2.52. The fourth-order valence-corrected chi connectivity index (χ4v) is 5.70. The highest BCUT2D eigenvalue weighted by molar-refractivity contribution is 7.20. The van der Waals surface area contributed by atoms with Crippen molar-refractivity contribution in [2.75, 3.05) is 25.6 Å². The number of rotatable bonds is 4. The fraction of sp³-hybridized carbons (Fsp3) is 0.375. The number of benzene rings is 2. The number of fused-ring (bicyclic) bond motifs is 5. The van der Waals surface area contributed by atoms with E-state index in [1.165, 1.54) is 22.5 Å². The number of methoxy groups -OCH3 is 1. The number of carbonyl (C=O) groups is 1. The van der Waals surface area contributed by atoms with Crippen LogP contribution in [-0.4, -0.2) is 26.3 Å². The molecule has 3 atom stereocenters. The van der Waals surface area contributed by atoms with E-state index in [-0.39, 0.29) is 18.1 Å². The average Bonchev–Trinajstić information content (AvgIpc) is 3.23. The van der Waals surface area contributed by atoms with Gasteiger partial charge in [0.25, 0.3) is 0 Å². The molecule has 3 aromatic rings. The minimum atomic E-state index is -0.256. The van der Waals surface area contributed by atoms with E-state index in [1.807, 2.05) is 25.1 Å². The highest BCUT2D eigenvalue weighted by Gasteiger charge is 2.41. The van der Waals surface area contributed by atoms with Gasteiger partial charge < -0.3 is 19.5 Å². The lowest BCUT2D eigenvalue weighted by Crippen LogP contribution is -2.36. The lowest BCUT2D eigenvalue weighted by atomic mass is 9.77. The minimum absolute atomic E-state index is 0.00967. The zero-order chi connectivity index (χ0) is 20.7. The average molecular weight is 424 g/mol. The number of thiophene rings is 1. The third kappa shape index (κ3) is 3.24. The summed E-state index contributed by atoms with van der Waals surface area (Å²) in [6, 6.07) is 14.6. The number of nitrogens with one attached hydrogen (secondary N) is 1. The molecule has 1 saturated heterocycles. The first kappa shape index (κ1) is 19.4. The summed E-state index contributed by atoms with van der Waals surface area (Å²) in [5.41, 5.74) is 3.49. The van der Waals surface area contributed by atoms with Crippen molar-refractivity contribution < 1.29 is 19.0 Å². The van der Waals surface area contributed by atoms with Crippen molar-refractivity contribution in [3.05, 3.63) is 58.5 Å². The molecule has 0 aliphatic carbocycles. The molecule has 1 fully saturated rings. The van der Waals surface area contributed by atoms with Crippen LogP contribution in [0.25, 0.3) is 10.1 Å². The van der Waals surface area contributed by atoms with Gasteiger partial charge >= 0.3 is 5.97 Å². The summed E-state index contributed by atoms with van der Waals surface area (Å²) in [5, 5.41) is 4.87. The van der Waals surface area contributed by atoms with Crippen molar-refractivity contribution in [3.63, 3.8) is 0 Å². The molecule has 3 heterocycles. The number of esters is 1. The van der Waals surface area contributed by atoms with Crippen LogP contribution in [0.5, 0.6) is 5.75 Å². The number of hydrogen-bond acceptors (Lipinski definition) is 6. The molecule has 0 saturated carbocycles. The molecule has 0 spiro atoms. The largest absolute Gasteiger partial charge is 0.497 e. The number of hydrogen-bond donors (Lipinski definition) is 1. The summed E-state index contributed by atoms with van der Waals surface area (Å²) < 4.78 is 18.0. The van der Waals surface area contributed by atoms with E-state index in [1.54, 1.807) is 7.11 Å². The van der Waals surface area contributed by atoms with E-state index in [4.69, 9.17) is 14.2 Å². The second kappa shape index (κ2) is 7.93. The first-order valence-electron chi connectivity index (χ1n) is 10.4. The Bertz CT molecular complexity index is 1070. The molecule has 2 aliphatic rings. The third-order valence-electron chi connectivity index (χ3n) is 6.09. The van der Waals surface area contributed by atoms with Gasteiger partial charge in [0.05, 0.1) is 25.9 Å². The Morgan fingerprint density at radius 3 is 2.83 bits per heavy atom. The van der Waals surface area contributed by atoms with Crippen molar-refractivity contribution in [1.82, 2.24) is 0 Å². The topological polar surface area (TPSA) is 56.8 Å². The first-order chi connectivity index (χ1) is 14.7.